The summed E-state index contributed by atoms with van der Waals surface area (Å²) in [5.74, 6) is -0.0475. The first-order chi connectivity index (χ1) is 8.78. The lowest BCUT2D eigenvalue weighted by Crippen LogP contribution is -2.25. The smallest absolute Gasteiger partial charge is 0.238 e. The van der Waals surface area contributed by atoms with Gasteiger partial charge in [-0.2, -0.15) is 5.10 Å². The average molecular weight is 244 g/mol. The monoisotopic (exact) mass is 244 g/mol. The molecule has 0 aliphatic heterocycles. The van der Waals surface area contributed by atoms with E-state index in [0.29, 0.717) is 13.1 Å². The molecule has 0 unspecified atom stereocenters. The second-order valence-corrected chi connectivity index (χ2v) is 3.98. The Bertz CT molecular complexity index is 507. The summed E-state index contributed by atoms with van der Waals surface area (Å²) in [6.07, 6.45) is 3.66. The number of amides is 1. The van der Waals surface area contributed by atoms with Gasteiger partial charge in [-0.05, 0) is 30.8 Å². The summed E-state index contributed by atoms with van der Waals surface area (Å²) in [7, 11) is 1.74. The number of hydrogen-bond donors (Lipinski definition) is 2. The molecule has 1 aromatic carbocycles. The Morgan fingerprint density at radius 3 is 3.00 bits per heavy atom. The van der Waals surface area contributed by atoms with Gasteiger partial charge in [0.25, 0.3) is 0 Å². The Morgan fingerprint density at radius 2 is 2.28 bits per heavy atom. The molecule has 1 amide bonds. The third kappa shape index (κ3) is 3.43. The third-order valence-corrected chi connectivity index (χ3v) is 2.45. The highest BCUT2D eigenvalue weighted by Crippen LogP contribution is 2.11. The van der Waals surface area contributed by atoms with Gasteiger partial charge in [-0.3, -0.25) is 9.48 Å². The molecule has 0 atom stereocenters. The SMILES string of the molecule is CNCC(=O)Nc1cccc(Cn2cccn2)c1. The summed E-state index contributed by atoms with van der Waals surface area (Å²) in [4.78, 5) is 11.4. The predicted octanol–water partition coefficient (Wildman–Crippen LogP) is 1.09. The van der Waals surface area contributed by atoms with Crippen LogP contribution in [0.1, 0.15) is 5.56 Å². The van der Waals surface area contributed by atoms with Gasteiger partial charge in [0.2, 0.25) is 5.91 Å². The fourth-order valence-corrected chi connectivity index (χ4v) is 1.69. The van der Waals surface area contributed by atoms with E-state index >= 15 is 0 Å². The molecule has 0 saturated carbocycles. The highest BCUT2D eigenvalue weighted by atomic mass is 16.1. The van der Waals surface area contributed by atoms with Gasteiger partial charge in [0.05, 0.1) is 13.1 Å². The van der Waals surface area contributed by atoms with Crippen LogP contribution in [0.4, 0.5) is 5.69 Å². The van der Waals surface area contributed by atoms with Crippen molar-refractivity contribution in [3.8, 4) is 0 Å². The lowest BCUT2D eigenvalue weighted by atomic mass is 10.2. The van der Waals surface area contributed by atoms with Crippen LogP contribution in [0.2, 0.25) is 0 Å². The molecule has 0 spiro atoms. The van der Waals surface area contributed by atoms with Crippen LogP contribution >= 0.6 is 0 Å². The molecule has 2 aromatic rings. The van der Waals surface area contributed by atoms with E-state index in [1.807, 2.05) is 41.2 Å². The van der Waals surface area contributed by atoms with Crippen molar-refractivity contribution in [2.75, 3.05) is 18.9 Å². The van der Waals surface area contributed by atoms with E-state index in [-0.39, 0.29) is 5.91 Å². The number of carbonyl (C=O) groups is 1. The molecule has 18 heavy (non-hydrogen) atoms. The van der Waals surface area contributed by atoms with E-state index in [0.717, 1.165) is 11.3 Å². The van der Waals surface area contributed by atoms with E-state index < -0.39 is 0 Å². The summed E-state index contributed by atoms with van der Waals surface area (Å²) in [6, 6.07) is 9.65. The molecule has 1 aromatic heterocycles. The Morgan fingerprint density at radius 1 is 1.39 bits per heavy atom. The fourth-order valence-electron chi connectivity index (χ4n) is 1.69. The minimum atomic E-state index is -0.0475. The number of nitrogens with one attached hydrogen (secondary N) is 2. The second-order valence-electron chi connectivity index (χ2n) is 3.98. The van der Waals surface area contributed by atoms with Crippen molar-refractivity contribution < 1.29 is 4.79 Å². The maximum Gasteiger partial charge on any atom is 0.238 e. The molecule has 1 heterocycles. The van der Waals surface area contributed by atoms with Crippen LogP contribution in [0.5, 0.6) is 0 Å². The number of anilines is 1. The highest BCUT2D eigenvalue weighted by Gasteiger charge is 2.02. The van der Waals surface area contributed by atoms with Gasteiger partial charge >= 0.3 is 0 Å². The van der Waals surface area contributed by atoms with Crippen molar-refractivity contribution in [3.63, 3.8) is 0 Å². The fraction of sp³-hybridized carbons (Fsp3) is 0.231. The van der Waals surface area contributed by atoms with E-state index in [4.69, 9.17) is 0 Å². The zero-order valence-electron chi connectivity index (χ0n) is 10.3. The molecular weight excluding hydrogens is 228 g/mol. The van der Waals surface area contributed by atoms with Crippen molar-refractivity contribution in [2.24, 2.45) is 0 Å². The van der Waals surface area contributed by atoms with E-state index in [2.05, 4.69) is 15.7 Å². The molecule has 2 N–H and O–H groups in total. The van der Waals surface area contributed by atoms with Gasteiger partial charge in [0.15, 0.2) is 0 Å². The maximum atomic E-state index is 11.4. The minimum absolute atomic E-state index is 0.0475. The Labute approximate surface area is 106 Å². The van der Waals surface area contributed by atoms with Crippen LogP contribution in [0.3, 0.4) is 0 Å². The van der Waals surface area contributed by atoms with Crippen LogP contribution in [0.25, 0.3) is 0 Å². The summed E-state index contributed by atoms with van der Waals surface area (Å²) in [5.41, 5.74) is 1.90. The molecule has 5 nitrogen and oxygen atoms in total. The molecule has 0 bridgehead atoms. The number of hydrogen-bond acceptors (Lipinski definition) is 3. The number of benzene rings is 1. The second kappa shape index (κ2) is 5.97. The molecule has 0 fully saturated rings. The predicted molar refractivity (Wildman–Crippen MR) is 70.3 cm³/mol. The molecule has 2 rings (SSSR count). The zero-order chi connectivity index (χ0) is 12.8. The van der Waals surface area contributed by atoms with Gasteiger partial charge < -0.3 is 10.6 Å². The van der Waals surface area contributed by atoms with Crippen LogP contribution in [0, 0.1) is 0 Å². The lowest BCUT2D eigenvalue weighted by Gasteiger charge is -2.07. The van der Waals surface area contributed by atoms with Crippen molar-refractivity contribution >= 4 is 11.6 Å². The van der Waals surface area contributed by atoms with Crippen LogP contribution < -0.4 is 10.6 Å². The quantitative estimate of drug-likeness (QED) is 0.827. The summed E-state index contributed by atoms with van der Waals surface area (Å²) in [5, 5.41) is 9.80. The van der Waals surface area contributed by atoms with Gasteiger partial charge in [-0.1, -0.05) is 12.1 Å². The number of nitrogens with zero attached hydrogens (tertiary/aromatic N) is 2. The number of likely N-dealkylation sites (N-methyl/N-ethyl adjacent to an activating group) is 1. The standard InChI is InChI=1S/C13H16N4O/c1-14-9-13(18)16-12-5-2-4-11(8-12)10-17-7-3-6-15-17/h2-8,14H,9-10H2,1H3,(H,16,18). The van der Waals surface area contributed by atoms with Crippen molar-refractivity contribution in [1.82, 2.24) is 15.1 Å². The Kier molecular flexibility index (Phi) is 4.09. The first-order valence-corrected chi connectivity index (χ1v) is 5.79. The van der Waals surface area contributed by atoms with Gasteiger partial charge in [-0.15, -0.1) is 0 Å². The lowest BCUT2D eigenvalue weighted by molar-refractivity contribution is -0.115. The molecule has 0 aliphatic carbocycles. The van der Waals surface area contributed by atoms with Crippen molar-refractivity contribution in [3.05, 3.63) is 48.3 Å². The van der Waals surface area contributed by atoms with Crippen molar-refractivity contribution in [2.45, 2.75) is 6.54 Å². The first-order valence-electron chi connectivity index (χ1n) is 5.79. The number of aromatic nitrogens is 2. The van der Waals surface area contributed by atoms with E-state index in [1.165, 1.54) is 0 Å². The Hall–Kier alpha value is -2.14. The Balaban J connectivity index is 2.03. The van der Waals surface area contributed by atoms with E-state index in [1.54, 1.807) is 13.2 Å². The van der Waals surface area contributed by atoms with E-state index in [9.17, 15) is 4.79 Å². The third-order valence-electron chi connectivity index (χ3n) is 2.45. The van der Waals surface area contributed by atoms with Crippen LogP contribution in [-0.4, -0.2) is 29.3 Å². The zero-order valence-corrected chi connectivity index (χ0v) is 10.3. The molecule has 94 valence electrons. The van der Waals surface area contributed by atoms with Crippen LogP contribution in [0.15, 0.2) is 42.7 Å². The summed E-state index contributed by atoms with van der Waals surface area (Å²) in [6.45, 7) is 1.01. The van der Waals surface area contributed by atoms with Crippen LogP contribution in [-0.2, 0) is 11.3 Å². The molecule has 0 saturated heterocycles. The molecular formula is C13H16N4O. The molecule has 5 heteroatoms. The average Bonchev–Trinajstić information content (AvgIpc) is 2.82. The normalized spacial score (nSPS) is 10.3. The molecule has 0 aliphatic rings. The van der Waals surface area contributed by atoms with Gasteiger partial charge in [-0.25, -0.2) is 0 Å². The highest BCUT2D eigenvalue weighted by molar-refractivity contribution is 5.92. The largest absolute Gasteiger partial charge is 0.325 e. The number of rotatable bonds is 5. The minimum Gasteiger partial charge on any atom is -0.325 e. The first kappa shape index (κ1) is 12.3. The van der Waals surface area contributed by atoms with Gasteiger partial charge in [0.1, 0.15) is 0 Å². The summed E-state index contributed by atoms with van der Waals surface area (Å²) < 4.78 is 1.84. The van der Waals surface area contributed by atoms with Crippen molar-refractivity contribution in [1.29, 1.82) is 0 Å². The molecule has 0 radical (unpaired) electrons. The number of carbonyl (C=O) groups excluding carboxylic acids is 1. The topological polar surface area (TPSA) is 59.0 Å². The summed E-state index contributed by atoms with van der Waals surface area (Å²) >= 11 is 0. The van der Waals surface area contributed by atoms with Gasteiger partial charge in [0, 0.05) is 18.1 Å². The maximum absolute atomic E-state index is 11.4.